The fourth-order valence-corrected chi connectivity index (χ4v) is 2.29. The Morgan fingerprint density at radius 2 is 1.89 bits per heavy atom. The molecule has 6 heteroatoms. The van der Waals surface area contributed by atoms with Gasteiger partial charge in [-0.25, -0.2) is 0 Å². The molecule has 18 heavy (non-hydrogen) atoms. The van der Waals surface area contributed by atoms with Gasteiger partial charge in [-0.2, -0.15) is 22.3 Å². The summed E-state index contributed by atoms with van der Waals surface area (Å²) in [5.74, 6) is 1.24. The van der Waals surface area contributed by atoms with Crippen LogP contribution < -0.4 is 5.73 Å². The van der Waals surface area contributed by atoms with Crippen molar-refractivity contribution in [1.29, 1.82) is 10.5 Å². The number of nitrogens with zero attached hydrogens (tertiary/aromatic N) is 3. The summed E-state index contributed by atoms with van der Waals surface area (Å²) in [4.78, 5) is 13.4. The van der Waals surface area contributed by atoms with Crippen LogP contribution >= 0.6 is 11.8 Å². The molecule has 0 spiro atoms. The van der Waals surface area contributed by atoms with Crippen LogP contribution in [0.2, 0.25) is 0 Å². The van der Waals surface area contributed by atoms with Gasteiger partial charge in [0.15, 0.2) is 0 Å². The van der Waals surface area contributed by atoms with Gasteiger partial charge in [-0.15, -0.1) is 0 Å². The van der Waals surface area contributed by atoms with Crippen molar-refractivity contribution in [3.63, 3.8) is 0 Å². The van der Waals surface area contributed by atoms with Gasteiger partial charge in [-0.05, 0) is 19.1 Å². The van der Waals surface area contributed by atoms with E-state index in [1.165, 1.54) is 0 Å². The summed E-state index contributed by atoms with van der Waals surface area (Å²) in [5, 5.41) is 17.1. The lowest BCUT2D eigenvalue weighted by Gasteiger charge is -2.20. The summed E-state index contributed by atoms with van der Waals surface area (Å²) in [7, 11) is 0. The van der Waals surface area contributed by atoms with E-state index in [1.54, 1.807) is 16.7 Å². The molecule has 1 atom stereocenters. The highest BCUT2D eigenvalue weighted by molar-refractivity contribution is 7.99. The Morgan fingerprint density at radius 1 is 1.33 bits per heavy atom. The largest absolute Gasteiger partial charge is 0.340 e. The second kappa shape index (κ2) is 10.9. The van der Waals surface area contributed by atoms with Crippen molar-refractivity contribution >= 4 is 17.7 Å². The van der Waals surface area contributed by atoms with Gasteiger partial charge in [0.2, 0.25) is 5.91 Å². The molecule has 0 heterocycles. The van der Waals surface area contributed by atoms with Crippen LogP contribution in [0.25, 0.3) is 0 Å². The molecule has 0 saturated carbocycles. The van der Waals surface area contributed by atoms with E-state index < -0.39 is 0 Å². The Balaban J connectivity index is 3.97. The van der Waals surface area contributed by atoms with Crippen LogP contribution in [0.1, 0.15) is 26.2 Å². The van der Waals surface area contributed by atoms with Crippen molar-refractivity contribution in [1.82, 2.24) is 4.90 Å². The molecule has 0 radical (unpaired) electrons. The number of hydrogen-bond acceptors (Lipinski definition) is 5. The topological polar surface area (TPSA) is 93.9 Å². The van der Waals surface area contributed by atoms with E-state index in [0.717, 1.165) is 12.2 Å². The Hall–Kier alpha value is -1.24. The number of nitrogens with two attached hydrogens (primary N) is 1. The summed E-state index contributed by atoms with van der Waals surface area (Å²) in [5.41, 5.74) is 5.62. The molecular weight excluding hydrogens is 248 g/mol. The number of amides is 1. The van der Waals surface area contributed by atoms with Crippen molar-refractivity contribution in [2.45, 2.75) is 32.2 Å². The molecule has 0 aromatic heterocycles. The zero-order valence-electron chi connectivity index (χ0n) is 10.8. The first-order valence-electron chi connectivity index (χ1n) is 5.96. The highest BCUT2D eigenvalue weighted by Gasteiger charge is 2.12. The van der Waals surface area contributed by atoms with Crippen molar-refractivity contribution in [2.24, 2.45) is 5.73 Å². The summed E-state index contributed by atoms with van der Waals surface area (Å²) in [6, 6.07) is 4.18. The highest BCUT2D eigenvalue weighted by Crippen LogP contribution is 2.07. The van der Waals surface area contributed by atoms with Crippen molar-refractivity contribution < 1.29 is 4.79 Å². The average Bonchev–Trinajstić information content (AvgIpc) is 2.34. The van der Waals surface area contributed by atoms with Gasteiger partial charge < -0.3 is 10.6 Å². The predicted molar refractivity (Wildman–Crippen MR) is 72.6 cm³/mol. The lowest BCUT2D eigenvalue weighted by Crippen LogP contribution is -2.34. The first-order chi connectivity index (χ1) is 8.61. The van der Waals surface area contributed by atoms with Gasteiger partial charge >= 0.3 is 0 Å². The van der Waals surface area contributed by atoms with E-state index in [9.17, 15) is 4.79 Å². The first-order valence-corrected chi connectivity index (χ1v) is 7.12. The Bertz CT molecular complexity index is 301. The molecule has 0 aliphatic rings. The van der Waals surface area contributed by atoms with Crippen molar-refractivity contribution in [2.75, 3.05) is 24.6 Å². The van der Waals surface area contributed by atoms with Crippen LogP contribution in [0.15, 0.2) is 0 Å². The molecule has 0 rings (SSSR count). The Labute approximate surface area is 113 Å². The smallest absolute Gasteiger partial charge is 0.232 e. The van der Waals surface area contributed by atoms with Gasteiger partial charge in [0.25, 0.3) is 0 Å². The third-order valence-corrected chi connectivity index (χ3v) is 3.26. The van der Waals surface area contributed by atoms with Gasteiger partial charge in [0, 0.05) is 19.1 Å². The van der Waals surface area contributed by atoms with E-state index in [-0.39, 0.29) is 11.9 Å². The molecule has 0 saturated heterocycles. The van der Waals surface area contributed by atoms with E-state index in [1.807, 2.05) is 19.1 Å². The van der Waals surface area contributed by atoms with Gasteiger partial charge in [0.05, 0.1) is 30.7 Å². The molecule has 1 unspecified atom stereocenters. The van der Waals surface area contributed by atoms with Crippen molar-refractivity contribution in [3.05, 3.63) is 0 Å². The average molecular weight is 268 g/mol. The number of carbonyl (C=O) groups excluding carboxylic acids is 1. The molecule has 1 amide bonds. The zero-order valence-corrected chi connectivity index (χ0v) is 11.6. The van der Waals surface area contributed by atoms with Crippen LogP contribution in [0.5, 0.6) is 0 Å². The fraction of sp³-hybridized carbons (Fsp3) is 0.750. The van der Waals surface area contributed by atoms with E-state index in [2.05, 4.69) is 0 Å². The lowest BCUT2D eigenvalue weighted by molar-refractivity contribution is -0.128. The van der Waals surface area contributed by atoms with E-state index >= 15 is 0 Å². The van der Waals surface area contributed by atoms with Crippen LogP contribution in [-0.4, -0.2) is 41.4 Å². The fourth-order valence-electron chi connectivity index (χ4n) is 1.25. The molecule has 0 aliphatic carbocycles. The Kier molecular flexibility index (Phi) is 10.1. The van der Waals surface area contributed by atoms with Crippen LogP contribution in [-0.2, 0) is 4.79 Å². The van der Waals surface area contributed by atoms with E-state index in [4.69, 9.17) is 16.3 Å². The molecule has 5 nitrogen and oxygen atoms in total. The van der Waals surface area contributed by atoms with Gasteiger partial charge in [-0.1, -0.05) is 0 Å². The minimum Gasteiger partial charge on any atom is -0.340 e. The first kappa shape index (κ1) is 16.8. The normalized spacial score (nSPS) is 11.3. The summed E-state index contributed by atoms with van der Waals surface area (Å²) >= 11 is 1.55. The minimum atomic E-state index is -0.00447. The van der Waals surface area contributed by atoms with E-state index in [0.29, 0.717) is 31.7 Å². The summed E-state index contributed by atoms with van der Waals surface area (Å²) in [6.45, 7) is 2.75. The number of carbonyl (C=O) groups is 1. The summed E-state index contributed by atoms with van der Waals surface area (Å²) in [6.07, 6.45) is 1.50. The number of rotatable bonds is 9. The molecule has 0 aliphatic heterocycles. The molecule has 2 N–H and O–H groups in total. The van der Waals surface area contributed by atoms with Gasteiger partial charge in [0.1, 0.15) is 0 Å². The molecule has 100 valence electrons. The second-order valence-corrected chi connectivity index (χ2v) is 5.12. The molecular formula is C12H20N4OS. The second-order valence-electron chi connectivity index (χ2n) is 4.02. The number of nitriles is 2. The van der Waals surface area contributed by atoms with Crippen LogP contribution in [0, 0.1) is 22.7 Å². The molecule has 0 aromatic carbocycles. The number of hydrogen-bond donors (Lipinski definition) is 1. The Morgan fingerprint density at radius 3 is 2.33 bits per heavy atom. The maximum atomic E-state index is 11.9. The minimum absolute atomic E-state index is 0.00447. The van der Waals surface area contributed by atoms with Crippen LogP contribution in [0.3, 0.4) is 0 Å². The lowest BCUT2D eigenvalue weighted by atomic mass is 10.3. The molecule has 0 fully saturated rings. The SMILES string of the molecule is CC(N)CCSCC(=O)N(CCC#N)CCC#N. The molecule has 0 bridgehead atoms. The van der Waals surface area contributed by atoms with Crippen LogP contribution in [0.4, 0.5) is 0 Å². The maximum Gasteiger partial charge on any atom is 0.232 e. The molecule has 0 aromatic rings. The highest BCUT2D eigenvalue weighted by atomic mass is 32.2. The van der Waals surface area contributed by atoms with Crippen molar-refractivity contribution in [3.8, 4) is 12.1 Å². The zero-order chi connectivity index (χ0) is 13.8. The predicted octanol–water partition coefficient (Wildman–Crippen LogP) is 1.11. The third-order valence-electron chi connectivity index (χ3n) is 2.28. The third kappa shape index (κ3) is 8.86. The quantitative estimate of drug-likeness (QED) is 0.632. The monoisotopic (exact) mass is 268 g/mol. The standard InChI is InChI=1S/C12H20N4OS/c1-11(15)4-9-18-10-12(17)16(7-2-5-13)8-3-6-14/h11H,2-4,7-10,15H2,1H3. The maximum absolute atomic E-state index is 11.9. The van der Waals surface area contributed by atoms with Gasteiger partial charge in [-0.3, -0.25) is 4.79 Å². The summed E-state index contributed by atoms with van der Waals surface area (Å²) < 4.78 is 0. The number of thioether (sulfide) groups is 1.